The van der Waals surface area contributed by atoms with Gasteiger partial charge in [-0.3, -0.25) is 9.59 Å². The number of allylic oxidation sites excluding steroid dienone is 8. The van der Waals surface area contributed by atoms with Gasteiger partial charge in [-0.15, -0.1) is 0 Å². The highest BCUT2D eigenvalue weighted by atomic mass is 16.5. The molecular formula is C56H77N9O8. The highest BCUT2D eigenvalue weighted by molar-refractivity contribution is 5.87. The molecule has 5 heterocycles. The standard InChI is InChI=1S/C56H77N9O8/c1-12-18-38(44-35-58-51(60-44)47-25-17-33-64(47)53(67)49(37(4)71-9)62-55(69)73-11)20-15-23-42-30-31-45(65(42)43-28-26-40(27-29-43)56(5,6)7)39(19-13-2)21-14-22-41-34-57-50(59-41)46-24-16-32-63(46)52(66)48(36(3)70-8)61-54(68)72-10/h12-15,18-23,26-29,34-37,42,45-49H,16-17,24-25,30-33H2,1-11H3,(H,57,59)(H,58,60)(H,61,68)(H,62,69)/b18-12-,19-13-,22-14+,23-15+,38-20+,39-21+/t36-,37-,42?,45?,46-,47-,48-,49+/m0/s1. The number of benzene rings is 1. The van der Waals surface area contributed by atoms with Crippen LogP contribution in [0.1, 0.15) is 128 Å². The minimum atomic E-state index is -0.917. The number of hydrogen-bond acceptors (Lipinski definition) is 11. The van der Waals surface area contributed by atoms with E-state index in [-0.39, 0.29) is 41.4 Å². The van der Waals surface area contributed by atoms with Gasteiger partial charge in [0.05, 0.1) is 68.3 Å². The molecule has 17 heteroatoms. The molecule has 2 aromatic heterocycles. The van der Waals surface area contributed by atoms with Crippen LogP contribution in [-0.2, 0) is 34.0 Å². The molecule has 0 bridgehead atoms. The number of anilines is 1. The lowest BCUT2D eigenvalue weighted by atomic mass is 9.87. The third kappa shape index (κ3) is 13.7. The van der Waals surface area contributed by atoms with E-state index in [1.807, 2.05) is 44.3 Å². The van der Waals surface area contributed by atoms with Gasteiger partial charge in [0.1, 0.15) is 23.7 Å². The largest absolute Gasteiger partial charge is 0.453 e. The number of hydrogen-bond donors (Lipinski definition) is 4. The lowest BCUT2D eigenvalue weighted by molar-refractivity contribution is -0.138. The van der Waals surface area contributed by atoms with Gasteiger partial charge >= 0.3 is 12.2 Å². The molecule has 3 fully saturated rings. The molecule has 1 aromatic carbocycles. The van der Waals surface area contributed by atoms with E-state index in [4.69, 9.17) is 28.9 Å². The summed E-state index contributed by atoms with van der Waals surface area (Å²) in [6, 6.07) is 6.72. The van der Waals surface area contributed by atoms with Crippen LogP contribution in [0.5, 0.6) is 0 Å². The van der Waals surface area contributed by atoms with Crippen molar-refractivity contribution in [2.24, 2.45) is 0 Å². The SMILES string of the molecule is C\C=C/C(=C\C=C\C1CCC(C(/C=C\C)=C/C=C/c2cnc([C@@H]3CCCN3C(=O)[C@@H](NC(=O)OC)[C@H](C)OC)[nH]2)N1c1ccc(C(C)(C)C)cc1)c1cnc([C@@H]2CCCN2C(=O)[C@H](NC(=O)OC)[C@H](C)OC)[nH]1. The van der Waals surface area contributed by atoms with Gasteiger partial charge in [0, 0.05) is 39.0 Å². The van der Waals surface area contributed by atoms with E-state index >= 15 is 0 Å². The first-order valence-electron chi connectivity index (χ1n) is 25.4. The molecule has 0 spiro atoms. The van der Waals surface area contributed by atoms with Gasteiger partial charge in [-0.2, -0.15) is 0 Å². The lowest BCUT2D eigenvalue weighted by Gasteiger charge is -2.33. The van der Waals surface area contributed by atoms with Gasteiger partial charge < -0.3 is 54.2 Å². The molecule has 4 amide bonds. The van der Waals surface area contributed by atoms with E-state index in [1.54, 1.807) is 29.8 Å². The first kappa shape index (κ1) is 55.6. The number of imidazole rings is 2. The maximum absolute atomic E-state index is 13.9. The van der Waals surface area contributed by atoms with Crippen LogP contribution < -0.4 is 15.5 Å². The molecule has 8 atom stereocenters. The number of nitrogens with one attached hydrogen (secondary N) is 4. The average Bonchev–Trinajstić information content (AvgIpc) is 4.26. The maximum Gasteiger partial charge on any atom is 0.407 e. The second-order valence-corrected chi connectivity index (χ2v) is 19.8. The summed E-state index contributed by atoms with van der Waals surface area (Å²) in [6.07, 6.45) is 27.0. The Hall–Kier alpha value is -6.72. The summed E-state index contributed by atoms with van der Waals surface area (Å²) in [6.45, 7) is 15.3. The zero-order chi connectivity index (χ0) is 52.8. The van der Waals surface area contributed by atoms with Crippen LogP contribution >= 0.6 is 0 Å². The van der Waals surface area contributed by atoms with Crippen molar-refractivity contribution in [3.8, 4) is 0 Å². The summed E-state index contributed by atoms with van der Waals surface area (Å²) in [5, 5.41) is 5.30. The molecule has 0 aliphatic carbocycles. The van der Waals surface area contributed by atoms with Crippen LogP contribution in [0.15, 0.2) is 96.9 Å². The number of carbonyl (C=O) groups is 4. The minimum absolute atomic E-state index is 0.00666. The molecule has 0 radical (unpaired) electrons. The van der Waals surface area contributed by atoms with Crippen molar-refractivity contribution in [1.82, 2.24) is 40.4 Å². The smallest absolute Gasteiger partial charge is 0.407 e. The van der Waals surface area contributed by atoms with Crippen LogP contribution in [0.25, 0.3) is 11.6 Å². The Bertz CT molecular complexity index is 2530. The molecule has 3 aliphatic rings. The molecular weight excluding hydrogens is 927 g/mol. The number of alkyl carbamates (subject to hydrolysis) is 2. The second kappa shape index (κ2) is 25.8. The highest BCUT2D eigenvalue weighted by Gasteiger charge is 2.40. The molecule has 2 unspecified atom stereocenters. The Morgan fingerprint density at radius 3 is 1.82 bits per heavy atom. The van der Waals surface area contributed by atoms with E-state index in [0.717, 1.165) is 66.7 Å². The number of likely N-dealkylation sites (tertiary alicyclic amines) is 2. The Kier molecular flexibility index (Phi) is 19.6. The number of aromatic amines is 2. The number of H-pyrrole nitrogens is 2. The number of carbonyl (C=O) groups excluding carboxylic acids is 4. The quantitative estimate of drug-likeness (QED) is 0.0837. The molecule has 3 aliphatic heterocycles. The van der Waals surface area contributed by atoms with Crippen molar-refractivity contribution in [3.63, 3.8) is 0 Å². The summed E-state index contributed by atoms with van der Waals surface area (Å²) in [7, 11) is 5.54. The Morgan fingerprint density at radius 2 is 1.29 bits per heavy atom. The number of amides is 4. The molecule has 0 saturated carbocycles. The van der Waals surface area contributed by atoms with Crippen LogP contribution in [-0.4, -0.2) is 132 Å². The molecule has 4 N–H and O–H groups in total. The Balaban J connectivity index is 1.23. The van der Waals surface area contributed by atoms with Crippen molar-refractivity contribution in [2.45, 2.75) is 141 Å². The van der Waals surface area contributed by atoms with Gasteiger partial charge in [0.15, 0.2) is 0 Å². The summed E-state index contributed by atoms with van der Waals surface area (Å²) < 4.78 is 20.5. The monoisotopic (exact) mass is 1000 g/mol. The summed E-state index contributed by atoms with van der Waals surface area (Å²) in [5.41, 5.74) is 6.15. The van der Waals surface area contributed by atoms with Gasteiger partial charge in [-0.25, -0.2) is 19.6 Å². The fourth-order valence-corrected chi connectivity index (χ4v) is 9.94. The number of aromatic nitrogens is 4. The van der Waals surface area contributed by atoms with Gasteiger partial charge in [-0.1, -0.05) is 87.6 Å². The van der Waals surface area contributed by atoms with Crippen molar-refractivity contribution in [3.05, 3.63) is 126 Å². The van der Waals surface area contributed by atoms with Gasteiger partial charge in [-0.05, 0) is 107 Å². The van der Waals surface area contributed by atoms with E-state index in [2.05, 4.69) is 107 Å². The second-order valence-electron chi connectivity index (χ2n) is 19.8. The fraction of sp³-hybridized carbons (Fsp3) is 0.500. The van der Waals surface area contributed by atoms with Crippen LogP contribution in [0, 0.1) is 0 Å². The lowest BCUT2D eigenvalue weighted by Crippen LogP contribution is -2.54. The van der Waals surface area contributed by atoms with E-state index < -0.39 is 36.5 Å². The predicted molar refractivity (Wildman–Crippen MR) is 284 cm³/mol. The number of nitrogens with zero attached hydrogens (tertiary/aromatic N) is 5. The molecule has 6 rings (SSSR count). The first-order valence-corrected chi connectivity index (χ1v) is 25.4. The molecule has 73 heavy (non-hydrogen) atoms. The summed E-state index contributed by atoms with van der Waals surface area (Å²) >= 11 is 0. The Labute approximate surface area is 431 Å². The highest BCUT2D eigenvalue weighted by Crippen LogP contribution is 2.38. The molecule has 17 nitrogen and oxygen atoms in total. The summed E-state index contributed by atoms with van der Waals surface area (Å²) in [4.78, 5) is 74.5. The van der Waals surface area contributed by atoms with Crippen molar-refractivity contribution >= 4 is 41.3 Å². The van der Waals surface area contributed by atoms with Crippen LogP contribution in [0.4, 0.5) is 15.3 Å². The fourth-order valence-electron chi connectivity index (χ4n) is 9.94. The third-order valence-electron chi connectivity index (χ3n) is 14.1. The topological polar surface area (TPSA) is 196 Å². The van der Waals surface area contributed by atoms with Crippen molar-refractivity contribution < 1.29 is 38.1 Å². The summed E-state index contributed by atoms with van der Waals surface area (Å²) in [5.74, 6) is 0.865. The van der Waals surface area contributed by atoms with E-state index in [9.17, 15) is 19.2 Å². The number of methoxy groups -OCH3 is 4. The zero-order valence-corrected chi connectivity index (χ0v) is 44.5. The van der Waals surface area contributed by atoms with Crippen molar-refractivity contribution in [1.29, 1.82) is 0 Å². The molecule has 3 aromatic rings. The minimum Gasteiger partial charge on any atom is -0.453 e. The Morgan fingerprint density at radius 1 is 0.726 bits per heavy atom. The van der Waals surface area contributed by atoms with Crippen molar-refractivity contribution in [2.75, 3.05) is 46.4 Å². The first-order chi connectivity index (χ1) is 35.1. The number of rotatable bonds is 19. The predicted octanol–water partition coefficient (Wildman–Crippen LogP) is 9.05. The maximum atomic E-state index is 13.9. The number of ether oxygens (including phenoxy) is 4. The molecule has 394 valence electrons. The van der Waals surface area contributed by atoms with Crippen LogP contribution in [0.2, 0.25) is 0 Å². The van der Waals surface area contributed by atoms with E-state index in [0.29, 0.717) is 24.7 Å². The third-order valence-corrected chi connectivity index (χ3v) is 14.1. The molecule has 3 saturated heterocycles. The van der Waals surface area contributed by atoms with Crippen LogP contribution in [0.3, 0.4) is 0 Å². The van der Waals surface area contributed by atoms with Gasteiger partial charge in [0.2, 0.25) is 11.8 Å². The zero-order valence-electron chi connectivity index (χ0n) is 44.5. The normalized spacial score (nSPS) is 21.7. The average molecular weight is 1000 g/mol. The van der Waals surface area contributed by atoms with E-state index in [1.165, 1.54) is 34.0 Å². The van der Waals surface area contributed by atoms with Gasteiger partial charge in [0.25, 0.3) is 0 Å².